The Morgan fingerprint density at radius 2 is 2.23 bits per heavy atom. The quantitative estimate of drug-likeness (QED) is 0.936. The first kappa shape index (κ1) is 15.0. The lowest BCUT2D eigenvalue weighted by atomic mass is 10.1. The third-order valence-corrected chi connectivity index (χ3v) is 4.22. The van der Waals surface area contributed by atoms with Gasteiger partial charge in [-0.15, -0.1) is 0 Å². The number of halogens is 1. The summed E-state index contributed by atoms with van der Waals surface area (Å²) < 4.78 is 24.3. The molecular formula is C16H19FN2O3. The van der Waals surface area contributed by atoms with Gasteiger partial charge in [-0.1, -0.05) is 0 Å². The Bertz CT molecular complexity index is 680. The summed E-state index contributed by atoms with van der Waals surface area (Å²) in [7, 11) is 3.11. The van der Waals surface area contributed by atoms with Crippen molar-refractivity contribution < 1.29 is 19.0 Å². The Hall–Kier alpha value is -1.92. The van der Waals surface area contributed by atoms with Crippen LogP contribution in [0.15, 0.2) is 24.4 Å². The summed E-state index contributed by atoms with van der Waals surface area (Å²) in [5, 5.41) is 10.4. The molecule has 22 heavy (non-hydrogen) atoms. The highest BCUT2D eigenvalue weighted by atomic mass is 19.1. The van der Waals surface area contributed by atoms with Crippen molar-refractivity contribution in [3.63, 3.8) is 0 Å². The van der Waals surface area contributed by atoms with Crippen molar-refractivity contribution in [2.24, 2.45) is 0 Å². The number of aromatic nitrogens is 1. The van der Waals surface area contributed by atoms with E-state index in [9.17, 15) is 9.50 Å². The summed E-state index contributed by atoms with van der Waals surface area (Å²) in [5.41, 5.74) is 1.47. The predicted octanol–water partition coefficient (Wildman–Crippen LogP) is 1.97. The lowest BCUT2D eigenvalue weighted by Crippen LogP contribution is -2.32. The van der Waals surface area contributed by atoms with E-state index in [1.807, 2.05) is 6.07 Å². The van der Waals surface area contributed by atoms with Crippen LogP contribution in [0.25, 0.3) is 10.9 Å². The fraction of sp³-hybridized carbons (Fsp3) is 0.438. The zero-order chi connectivity index (χ0) is 15.7. The number of hydrogen-bond donors (Lipinski definition) is 1. The van der Waals surface area contributed by atoms with Gasteiger partial charge in [0.05, 0.1) is 31.4 Å². The lowest BCUT2D eigenvalue weighted by Gasteiger charge is -2.26. The summed E-state index contributed by atoms with van der Waals surface area (Å²) in [6, 6.07) is 4.88. The minimum atomic E-state index is -0.436. The van der Waals surface area contributed by atoms with Gasteiger partial charge < -0.3 is 19.5 Å². The van der Waals surface area contributed by atoms with E-state index >= 15 is 0 Å². The highest BCUT2D eigenvalue weighted by Gasteiger charge is 2.32. The molecule has 1 saturated heterocycles. The Morgan fingerprint density at radius 1 is 1.41 bits per heavy atom. The minimum absolute atomic E-state index is 0.0217. The Balaban J connectivity index is 2.10. The molecule has 2 atom stereocenters. The molecule has 1 N–H and O–H groups in total. The van der Waals surface area contributed by atoms with Gasteiger partial charge in [-0.05, 0) is 18.6 Å². The van der Waals surface area contributed by atoms with E-state index in [0.29, 0.717) is 12.1 Å². The second-order valence-corrected chi connectivity index (χ2v) is 5.42. The van der Waals surface area contributed by atoms with Gasteiger partial charge in [-0.25, -0.2) is 4.39 Å². The third kappa shape index (κ3) is 2.48. The molecule has 3 rings (SSSR count). The maximum atomic E-state index is 13.8. The smallest absolute Gasteiger partial charge is 0.167 e. The maximum absolute atomic E-state index is 13.8. The third-order valence-electron chi connectivity index (χ3n) is 4.22. The molecule has 0 amide bonds. The fourth-order valence-electron chi connectivity index (χ4n) is 3.05. The molecule has 0 bridgehead atoms. The first-order valence-electron chi connectivity index (χ1n) is 7.20. The van der Waals surface area contributed by atoms with Crippen LogP contribution in [0.5, 0.6) is 5.75 Å². The molecule has 2 heterocycles. The van der Waals surface area contributed by atoms with Crippen LogP contribution in [0.3, 0.4) is 0 Å². The summed E-state index contributed by atoms with van der Waals surface area (Å²) in [5.74, 6) is -0.251. The number of aliphatic hydroxyl groups excluding tert-OH is 1. The van der Waals surface area contributed by atoms with Crippen LogP contribution in [0.2, 0.25) is 0 Å². The molecule has 1 aromatic carbocycles. The largest absolute Gasteiger partial charge is 0.494 e. The van der Waals surface area contributed by atoms with Gasteiger partial charge in [0, 0.05) is 37.0 Å². The fourth-order valence-corrected chi connectivity index (χ4v) is 3.05. The molecule has 0 saturated carbocycles. The van der Waals surface area contributed by atoms with Crippen LogP contribution >= 0.6 is 0 Å². The molecule has 2 aromatic rings. The average molecular weight is 306 g/mol. The molecular weight excluding hydrogens is 287 g/mol. The standard InChI is InChI=1S/C16H19FN2O3/c1-21-11-5-10(9-20)19(8-11)15-3-4-18-14-7-13(17)16(22-2)6-12(14)15/h3-4,6-7,10-11,20H,5,8-9H2,1-2H3/t10-,11+/m0/s1. The van der Waals surface area contributed by atoms with Gasteiger partial charge >= 0.3 is 0 Å². The van der Waals surface area contributed by atoms with Crippen LogP contribution in [-0.2, 0) is 4.74 Å². The molecule has 1 aliphatic heterocycles. The SMILES string of the molecule is COc1cc2c(N3C[C@H](OC)C[C@H]3CO)ccnc2cc1F. The molecule has 0 aliphatic carbocycles. The van der Waals surface area contributed by atoms with Crippen molar-refractivity contribution in [1.29, 1.82) is 0 Å². The number of hydrogen-bond acceptors (Lipinski definition) is 5. The Labute approximate surface area is 128 Å². The van der Waals surface area contributed by atoms with Crippen molar-refractivity contribution in [2.45, 2.75) is 18.6 Å². The lowest BCUT2D eigenvalue weighted by molar-refractivity contribution is 0.115. The number of aliphatic hydroxyl groups is 1. The van der Waals surface area contributed by atoms with E-state index < -0.39 is 5.82 Å². The zero-order valence-electron chi connectivity index (χ0n) is 12.6. The van der Waals surface area contributed by atoms with E-state index in [-0.39, 0.29) is 24.5 Å². The van der Waals surface area contributed by atoms with Crippen molar-refractivity contribution >= 4 is 16.6 Å². The monoisotopic (exact) mass is 306 g/mol. The van der Waals surface area contributed by atoms with E-state index in [1.54, 1.807) is 19.4 Å². The molecule has 1 fully saturated rings. The molecule has 0 unspecified atom stereocenters. The average Bonchev–Trinajstić information content (AvgIpc) is 2.96. The number of rotatable bonds is 4. The molecule has 118 valence electrons. The van der Waals surface area contributed by atoms with Crippen molar-refractivity contribution in [3.05, 3.63) is 30.2 Å². The molecule has 0 spiro atoms. The second kappa shape index (κ2) is 6.06. The second-order valence-electron chi connectivity index (χ2n) is 5.42. The maximum Gasteiger partial charge on any atom is 0.167 e. The van der Waals surface area contributed by atoms with Gasteiger partial charge in [0.15, 0.2) is 11.6 Å². The van der Waals surface area contributed by atoms with Crippen LogP contribution in [0.1, 0.15) is 6.42 Å². The number of pyridine rings is 1. The Kier molecular flexibility index (Phi) is 4.13. The highest BCUT2D eigenvalue weighted by molar-refractivity contribution is 5.93. The van der Waals surface area contributed by atoms with E-state index in [2.05, 4.69) is 9.88 Å². The van der Waals surface area contributed by atoms with Crippen LogP contribution in [-0.4, -0.2) is 49.6 Å². The molecule has 1 aliphatic rings. The van der Waals surface area contributed by atoms with Crippen LogP contribution < -0.4 is 9.64 Å². The highest BCUT2D eigenvalue weighted by Crippen LogP contribution is 2.34. The van der Waals surface area contributed by atoms with Crippen LogP contribution in [0.4, 0.5) is 10.1 Å². The van der Waals surface area contributed by atoms with E-state index in [0.717, 1.165) is 17.5 Å². The van der Waals surface area contributed by atoms with Gasteiger partial charge in [0.25, 0.3) is 0 Å². The number of benzene rings is 1. The number of ether oxygens (including phenoxy) is 2. The summed E-state index contributed by atoms with van der Waals surface area (Å²) >= 11 is 0. The van der Waals surface area contributed by atoms with E-state index in [1.165, 1.54) is 13.2 Å². The minimum Gasteiger partial charge on any atom is -0.494 e. The first-order chi connectivity index (χ1) is 10.7. The van der Waals surface area contributed by atoms with Gasteiger partial charge in [-0.2, -0.15) is 0 Å². The normalized spacial score (nSPS) is 21.5. The zero-order valence-corrected chi connectivity index (χ0v) is 12.6. The van der Waals surface area contributed by atoms with E-state index in [4.69, 9.17) is 9.47 Å². The summed E-state index contributed by atoms with van der Waals surface area (Å²) in [6.45, 7) is 0.725. The molecule has 5 nitrogen and oxygen atoms in total. The number of methoxy groups -OCH3 is 2. The first-order valence-corrected chi connectivity index (χ1v) is 7.20. The van der Waals surface area contributed by atoms with Crippen molar-refractivity contribution in [3.8, 4) is 5.75 Å². The van der Waals surface area contributed by atoms with Crippen molar-refractivity contribution in [1.82, 2.24) is 4.98 Å². The van der Waals surface area contributed by atoms with Gasteiger partial charge in [-0.3, -0.25) is 4.98 Å². The molecule has 0 radical (unpaired) electrons. The van der Waals surface area contributed by atoms with Crippen molar-refractivity contribution in [2.75, 3.05) is 32.3 Å². The molecule has 1 aromatic heterocycles. The summed E-state index contributed by atoms with van der Waals surface area (Å²) in [6.07, 6.45) is 2.48. The van der Waals surface area contributed by atoms with Crippen LogP contribution in [0, 0.1) is 5.82 Å². The number of nitrogens with zero attached hydrogens (tertiary/aromatic N) is 2. The molecule has 6 heteroatoms. The Morgan fingerprint density at radius 3 is 2.91 bits per heavy atom. The number of fused-ring (bicyclic) bond motifs is 1. The topological polar surface area (TPSA) is 54.8 Å². The van der Waals surface area contributed by atoms with Gasteiger partial charge in [0.1, 0.15) is 0 Å². The predicted molar refractivity (Wildman–Crippen MR) is 81.9 cm³/mol. The number of anilines is 1. The van der Waals surface area contributed by atoms with Gasteiger partial charge in [0.2, 0.25) is 0 Å². The summed E-state index contributed by atoms with van der Waals surface area (Å²) in [4.78, 5) is 6.32.